The number of aldehydes is 1. The summed E-state index contributed by atoms with van der Waals surface area (Å²) in [4.78, 5) is 29.4. The van der Waals surface area contributed by atoms with Crippen molar-refractivity contribution in [2.75, 3.05) is 7.11 Å². The number of nitro groups is 1. The molecule has 146 valence electrons. The van der Waals surface area contributed by atoms with E-state index in [1.165, 1.54) is 24.3 Å². The number of benzene rings is 2. The number of carboxylic acid groups (broad SMARTS) is 1. The third kappa shape index (κ3) is 9.71. The lowest BCUT2D eigenvalue weighted by Crippen LogP contribution is -2.03. The van der Waals surface area contributed by atoms with Crippen LogP contribution in [0.3, 0.4) is 0 Å². The number of hydrogen-bond donors (Lipinski definition) is 2. The third-order valence-electron chi connectivity index (χ3n) is 3.15. The summed E-state index contributed by atoms with van der Waals surface area (Å²) in [5.41, 5.74) is 6.93. The largest absolute Gasteiger partial charge is 0.496 e. The Morgan fingerprint density at radius 1 is 1.22 bits per heavy atom. The summed E-state index contributed by atoms with van der Waals surface area (Å²) in [5.74, 6) is -0.106. The molecule has 2 aromatic rings. The molecular weight excluding hydrogens is 352 g/mol. The topological polar surface area (TPSA) is 133 Å². The van der Waals surface area contributed by atoms with Crippen LogP contribution in [-0.4, -0.2) is 29.4 Å². The van der Waals surface area contributed by atoms with E-state index >= 15 is 0 Å². The number of hydrogen-bond acceptors (Lipinski definition) is 6. The van der Waals surface area contributed by atoms with Crippen molar-refractivity contribution in [1.29, 1.82) is 0 Å². The van der Waals surface area contributed by atoms with Gasteiger partial charge in [-0.15, -0.1) is 0 Å². The SMILES string of the molecule is CC(C)C(=O)O.COc1ccccc1CN.O=Cc1ccc([N+](=O)[O-])cc1. The van der Waals surface area contributed by atoms with Gasteiger partial charge in [0.25, 0.3) is 5.69 Å². The monoisotopic (exact) mass is 376 g/mol. The van der Waals surface area contributed by atoms with Crippen LogP contribution in [0.15, 0.2) is 48.5 Å². The first-order valence-electron chi connectivity index (χ1n) is 8.01. The Bertz CT molecular complexity index is 706. The normalized spacial score (nSPS) is 9.22. The lowest BCUT2D eigenvalue weighted by Gasteiger charge is -2.03. The summed E-state index contributed by atoms with van der Waals surface area (Å²) in [7, 11) is 1.65. The first-order valence-corrected chi connectivity index (χ1v) is 8.01. The van der Waals surface area contributed by atoms with E-state index in [1.807, 2.05) is 24.3 Å². The van der Waals surface area contributed by atoms with Gasteiger partial charge in [0.1, 0.15) is 12.0 Å². The van der Waals surface area contributed by atoms with Crippen LogP contribution in [0.25, 0.3) is 0 Å². The first-order chi connectivity index (χ1) is 12.8. The second kappa shape index (κ2) is 13.0. The Hall–Kier alpha value is -3.26. The first kappa shape index (κ1) is 23.7. The second-order valence-electron chi connectivity index (χ2n) is 5.48. The number of rotatable bonds is 5. The molecule has 0 atom stereocenters. The van der Waals surface area contributed by atoms with Crippen molar-refractivity contribution in [3.8, 4) is 5.75 Å². The highest BCUT2D eigenvalue weighted by molar-refractivity contribution is 5.75. The van der Waals surface area contributed by atoms with Crippen molar-refractivity contribution in [3.05, 3.63) is 69.8 Å². The van der Waals surface area contributed by atoms with Gasteiger partial charge in [-0.05, 0) is 18.2 Å². The van der Waals surface area contributed by atoms with E-state index in [-0.39, 0.29) is 11.6 Å². The van der Waals surface area contributed by atoms with Gasteiger partial charge in [-0.2, -0.15) is 0 Å². The van der Waals surface area contributed by atoms with Gasteiger partial charge in [0.15, 0.2) is 0 Å². The van der Waals surface area contributed by atoms with E-state index in [9.17, 15) is 19.7 Å². The number of nitrogens with two attached hydrogens (primary N) is 1. The number of ether oxygens (including phenoxy) is 1. The van der Waals surface area contributed by atoms with Crippen LogP contribution in [0.5, 0.6) is 5.75 Å². The van der Waals surface area contributed by atoms with Gasteiger partial charge in [0.05, 0.1) is 18.0 Å². The van der Waals surface area contributed by atoms with Crippen molar-refractivity contribution < 1.29 is 24.4 Å². The van der Waals surface area contributed by atoms with Crippen LogP contribution < -0.4 is 10.5 Å². The Kier molecular flexibility index (Phi) is 11.4. The van der Waals surface area contributed by atoms with Gasteiger partial charge in [-0.3, -0.25) is 19.7 Å². The minimum atomic E-state index is -0.741. The maximum Gasteiger partial charge on any atom is 0.305 e. The Morgan fingerprint density at radius 2 is 1.74 bits per heavy atom. The van der Waals surface area contributed by atoms with Crippen LogP contribution in [0.2, 0.25) is 0 Å². The molecule has 8 heteroatoms. The molecule has 0 aromatic heterocycles. The van der Waals surface area contributed by atoms with Crippen LogP contribution in [0.1, 0.15) is 29.8 Å². The molecule has 0 saturated carbocycles. The van der Waals surface area contributed by atoms with Crippen molar-refractivity contribution in [2.45, 2.75) is 20.4 Å². The fourth-order valence-electron chi connectivity index (χ4n) is 1.55. The average Bonchev–Trinajstić information content (AvgIpc) is 2.68. The molecular formula is C19H24N2O6. The van der Waals surface area contributed by atoms with Crippen molar-refractivity contribution in [2.24, 2.45) is 11.7 Å². The smallest absolute Gasteiger partial charge is 0.305 e. The number of carboxylic acids is 1. The number of nitro benzene ring substituents is 1. The molecule has 0 fully saturated rings. The van der Waals surface area contributed by atoms with Gasteiger partial charge in [-0.25, -0.2) is 0 Å². The third-order valence-corrected chi connectivity index (χ3v) is 3.15. The Balaban J connectivity index is 0.000000394. The summed E-state index contributed by atoms with van der Waals surface area (Å²) < 4.78 is 5.06. The van der Waals surface area contributed by atoms with Gasteiger partial charge < -0.3 is 15.6 Å². The standard InChI is InChI=1S/C8H11NO.C7H5NO3.C4H8O2/c1-10-8-5-3-2-4-7(8)6-9;9-5-6-1-3-7(4-2-6)8(10)11;1-3(2)4(5)6/h2-5H,6,9H2,1H3;1-5H;3H,1-2H3,(H,5,6). The zero-order valence-electron chi connectivity index (χ0n) is 15.5. The molecule has 0 aliphatic heterocycles. The molecule has 2 rings (SSSR count). The van der Waals surface area contributed by atoms with E-state index in [2.05, 4.69) is 0 Å². The van der Waals surface area contributed by atoms with E-state index in [4.69, 9.17) is 15.6 Å². The van der Waals surface area contributed by atoms with E-state index < -0.39 is 10.9 Å². The quantitative estimate of drug-likeness (QED) is 0.465. The van der Waals surface area contributed by atoms with E-state index in [0.29, 0.717) is 18.4 Å². The molecule has 0 bridgehead atoms. The second-order valence-corrected chi connectivity index (χ2v) is 5.48. The highest BCUT2D eigenvalue weighted by atomic mass is 16.6. The summed E-state index contributed by atoms with van der Waals surface area (Å²) in [6, 6.07) is 13.1. The molecule has 27 heavy (non-hydrogen) atoms. The van der Waals surface area contributed by atoms with Crippen LogP contribution in [0.4, 0.5) is 5.69 Å². The number of non-ortho nitro benzene ring substituents is 1. The minimum Gasteiger partial charge on any atom is -0.496 e. The summed E-state index contributed by atoms with van der Waals surface area (Å²) in [5, 5.41) is 18.1. The fourth-order valence-corrected chi connectivity index (χ4v) is 1.55. The maximum absolute atomic E-state index is 10.1. The van der Waals surface area contributed by atoms with Gasteiger partial charge in [0.2, 0.25) is 0 Å². The highest BCUT2D eigenvalue weighted by Gasteiger charge is 2.02. The van der Waals surface area contributed by atoms with E-state index in [0.717, 1.165) is 11.3 Å². The number of carbonyl (C=O) groups is 2. The van der Waals surface area contributed by atoms with E-state index in [1.54, 1.807) is 21.0 Å². The molecule has 0 aliphatic carbocycles. The predicted octanol–water partition coefficient (Wildman–Crippen LogP) is 3.29. The molecule has 0 saturated heterocycles. The molecule has 0 spiro atoms. The summed E-state index contributed by atoms with van der Waals surface area (Å²) in [6.07, 6.45) is 0.643. The minimum absolute atomic E-state index is 0.00407. The molecule has 0 aliphatic rings. The molecule has 3 N–H and O–H groups in total. The Labute approximate surface area is 157 Å². The van der Waals surface area contributed by atoms with Crippen molar-refractivity contribution in [1.82, 2.24) is 0 Å². The zero-order valence-corrected chi connectivity index (χ0v) is 15.5. The molecule has 0 heterocycles. The molecule has 8 nitrogen and oxygen atoms in total. The Morgan fingerprint density at radius 3 is 2.07 bits per heavy atom. The molecule has 0 amide bonds. The highest BCUT2D eigenvalue weighted by Crippen LogP contribution is 2.15. The summed E-state index contributed by atoms with van der Waals surface area (Å²) >= 11 is 0. The van der Waals surface area contributed by atoms with Crippen LogP contribution >= 0.6 is 0 Å². The van der Waals surface area contributed by atoms with Crippen molar-refractivity contribution in [3.63, 3.8) is 0 Å². The summed E-state index contributed by atoms with van der Waals surface area (Å²) in [6.45, 7) is 3.81. The number of para-hydroxylation sites is 1. The number of carbonyl (C=O) groups excluding carboxylic acids is 1. The number of nitrogens with zero attached hydrogens (tertiary/aromatic N) is 1. The lowest BCUT2D eigenvalue weighted by molar-refractivity contribution is -0.384. The molecule has 0 radical (unpaired) electrons. The fraction of sp³-hybridized carbons (Fsp3) is 0.263. The van der Waals surface area contributed by atoms with Crippen LogP contribution in [-0.2, 0) is 11.3 Å². The van der Waals surface area contributed by atoms with Gasteiger partial charge in [0, 0.05) is 29.8 Å². The van der Waals surface area contributed by atoms with Crippen molar-refractivity contribution >= 4 is 17.9 Å². The van der Waals surface area contributed by atoms with Gasteiger partial charge in [-0.1, -0.05) is 32.0 Å². The predicted molar refractivity (Wildman–Crippen MR) is 102 cm³/mol. The number of methoxy groups -OCH3 is 1. The molecule has 0 unspecified atom stereocenters. The maximum atomic E-state index is 10.1. The lowest BCUT2D eigenvalue weighted by atomic mass is 10.2. The average molecular weight is 376 g/mol. The van der Waals surface area contributed by atoms with Crippen LogP contribution in [0, 0.1) is 16.0 Å². The number of aliphatic carboxylic acids is 1. The zero-order chi connectivity index (χ0) is 20.8. The van der Waals surface area contributed by atoms with Gasteiger partial charge >= 0.3 is 5.97 Å². The molecule has 2 aromatic carbocycles.